The molecule has 1 aliphatic rings. The summed E-state index contributed by atoms with van der Waals surface area (Å²) in [6.07, 6.45) is 3.79. The van der Waals surface area contributed by atoms with Crippen LogP contribution in [0.25, 0.3) is 0 Å². The normalized spacial score (nSPS) is 26.4. The Morgan fingerprint density at radius 2 is 1.90 bits per heavy atom. The molecular formula is C17H25FN2O. The summed E-state index contributed by atoms with van der Waals surface area (Å²) in [7, 11) is 0. The number of benzene rings is 1. The van der Waals surface area contributed by atoms with E-state index in [0.717, 1.165) is 31.4 Å². The first-order chi connectivity index (χ1) is 9.75. The molecule has 2 atom stereocenters. The summed E-state index contributed by atoms with van der Waals surface area (Å²) in [6, 6.07) is 6.11. The highest BCUT2D eigenvalue weighted by Crippen LogP contribution is 2.46. The lowest BCUT2D eigenvalue weighted by molar-refractivity contribution is -0.127. The molecule has 1 aliphatic carbocycles. The van der Waals surface area contributed by atoms with Crippen molar-refractivity contribution in [3.05, 3.63) is 30.1 Å². The van der Waals surface area contributed by atoms with Crippen molar-refractivity contribution in [1.82, 2.24) is 0 Å². The molecule has 2 rings (SSSR count). The van der Waals surface area contributed by atoms with Crippen LogP contribution < -0.4 is 11.1 Å². The van der Waals surface area contributed by atoms with Crippen LogP contribution in [0.3, 0.4) is 0 Å². The smallest absolute Gasteiger partial charge is 0.243 e. The average Bonchev–Trinajstić information content (AvgIpc) is 2.40. The van der Waals surface area contributed by atoms with Gasteiger partial charge in [0.2, 0.25) is 5.91 Å². The first-order valence-corrected chi connectivity index (χ1v) is 7.59. The van der Waals surface area contributed by atoms with E-state index in [0.29, 0.717) is 0 Å². The molecule has 21 heavy (non-hydrogen) atoms. The van der Waals surface area contributed by atoms with Crippen molar-refractivity contribution in [2.24, 2.45) is 17.1 Å². The van der Waals surface area contributed by atoms with Crippen LogP contribution in [0.5, 0.6) is 0 Å². The maximum absolute atomic E-state index is 13.1. The summed E-state index contributed by atoms with van der Waals surface area (Å²) in [5.41, 5.74) is 5.75. The number of amides is 1. The van der Waals surface area contributed by atoms with Crippen molar-refractivity contribution in [1.29, 1.82) is 0 Å². The highest BCUT2D eigenvalue weighted by molar-refractivity contribution is 5.88. The molecule has 0 radical (unpaired) electrons. The Labute approximate surface area is 126 Å². The van der Waals surface area contributed by atoms with Gasteiger partial charge in [-0.15, -0.1) is 0 Å². The summed E-state index contributed by atoms with van der Waals surface area (Å²) >= 11 is 0. The van der Waals surface area contributed by atoms with Crippen LogP contribution in [0.4, 0.5) is 10.1 Å². The number of primary amides is 1. The third-order valence-electron chi connectivity index (χ3n) is 4.61. The molecule has 0 saturated heterocycles. The molecule has 1 aromatic carbocycles. The van der Waals surface area contributed by atoms with Gasteiger partial charge in [-0.05, 0) is 48.4 Å². The molecule has 3 N–H and O–H groups in total. The molecule has 1 saturated carbocycles. The zero-order valence-electron chi connectivity index (χ0n) is 13.1. The highest BCUT2D eigenvalue weighted by atomic mass is 19.1. The maximum atomic E-state index is 13.1. The summed E-state index contributed by atoms with van der Waals surface area (Å²) in [5, 5.41) is 3.34. The zero-order valence-corrected chi connectivity index (χ0v) is 13.1. The first kappa shape index (κ1) is 15.8. The molecule has 2 unspecified atom stereocenters. The van der Waals surface area contributed by atoms with Crippen molar-refractivity contribution in [3.8, 4) is 0 Å². The van der Waals surface area contributed by atoms with Crippen molar-refractivity contribution in [3.63, 3.8) is 0 Å². The number of rotatable bonds is 3. The summed E-state index contributed by atoms with van der Waals surface area (Å²) in [5.74, 6) is -0.447. The fourth-order valence-electron chi connectivity index (χ4n) is 3.64. The lowest BCUT2D eigenvalue weighted by Crippen LogP contribution is -2.60. The van der Waals surface area contributed by atoms with E-state index in [9.17, 15) is 9.18 Å². The van der Waals surface area contributed by atoms with E-state index in [1.54, 1.807) is 12.1 Å². The largest absolute Gasteiger partial charge is 0.371 e. The second kappa shape index (κ2) is 5.66. The zero-order chi connectivity index (χ0) is 15.7. The van der Waals surface area contributed by atoms with Crippen LogP contribution in [0.1, 0.15) is 46.5 Å². The van der Waals surface area contributed by atoms with E-state index in [-0.39, 0.29) is 23.1 Å². The van der Waals surface area contributed by atoms with Crippen LogP contribution in [-0.2, 0) is 4.79 Å². The molecule has 0 aromatic heterocycles. The Balaban J connectivity index is 2.38. The van der Waals surface area contributed by atoms with Crippen molar-refractivity contribution < 1.29 is 9.18 Å². The molecule has 3 nitrogen and oxygen atoms in total. The molecule has 0 spiro atoms. The average molecular weight is 292 g/mol. The second-order valence-corrected chi connectivity index (χ2v) is 7.13. The molecule has 4 heteroatoms. The minimum Gasteiger partial charge on any atom is -0.371 e. The third kappa shape index (κ3) is 3.20. The Hall–Kier alpha value is -1.58. The third-order valence-corrected chi connectivity index (χ3v) is 4.61. The fraction of sp³-hybridized carbons (Fsp3) is 0.588. The van der Waals surface area contributed by atoms with Gasteiger partial charge in [-0.3, -0.25) is 4.79 Å². The Kier molecular flexibility index (Phi) is 4.26. The second-order valence-electron chi connectivity index (χ2n) is 7.13. The van der Waals surface area contributed by atoms with E-state index in [2.05, 4.69) is 26.1 Å². The lowest BCUT2D eigenvalue weighted by atomic mass is 9.61. The topological polar surface area (TPSA) is 55.1 Å². The van der Waals surface area contributed by atoms with Gasteiger partial charge in [0.15, 0.2) is 0 Å². The van der Waals surface area contributed by atoms with E-state index in [1.165, 1.54) is 12.1 Å². The van der Waals surface area contributed by atoms with Gasteiger partial charge in [-0.25, -0.2) is 4.39 Å². The number of carbonyl (C=O) groups is 1. The molecule has 0 heterocycles. The van der Waals surface area contributed by atoms with Crippen LogP contribution in [-0.4, -0.2) is 11.4 Å². The summed E-state index contributed by atoms with van der Waals surface area (Å²) in [4.78, 5) is 12.3. The van der Waals surface area contributed by atoms with Gasteiger partial charge in [0.1, 0.15) is 11.4 Å². The van der Waals surface area contributed by atoms with Gasteiger partial charge in [0.05, 0.1) is 0 Å². The number of hydrogen-bond acceptors (Lipinski definition) is 2. The van der Waals surface area contributed by atoms with Crippen molar-refractivity contribution in [2.45, 2.75) is 52.0 Å². The van der Waals surface area contributed by atoms with E-state index in [4.69, 9.17) is 5.73 Å². The number of nitrogens with two attached hydrogens (primary N) is 1. The monoisotopic (exact) mass is 292 g/mol. The molecule has 1 aromatic rings. The Morgan fingerprint density at radius 1 is 1.29 bits per heavy atom. The number of carbonyl (C=O) groups excluding carboxylic acids is 1. The molecule has 0 aliphatic heterocycles. The van der Waals surface area contributed by atoms with Crippen molar-refractivity contribution in [2.75, 3.05) is 5.32 Å². The fourth-order valence-corrected chi connectivity index (χ4v) is 3.64. The van der Waals surface area contributed by atoms with Crippen LogP contribution in [0.2, 0.25) is 0 Å². The van der Waals surface area contributed by atoms with Crippen LogP contribution in [0.15, 0.2) is 24.3 Å². The van der Waals surface area contributed by atoms with Gasteiger partial charge in [0.25, 0.3) is 0 Å². The number of hydrogen-bond donors (Lipinski definition) is 2. The number of anilines is 1. The van der Waals surface area contributed by atoms with Gasteiger partial charge < -0.3 is 11.1 Å². The summed E-state index contributed by atoms with van der Waals surface area (Å²) in [6.45, 7) is 6.44. The van der Waals surface area contributed by atoms with E-state index < -0.39 is 5.54 Å². The first-order valence-electron chi connectivity index (χ1n) is 7.59. The quantitative estimate of drug-likeness (QED) is 0.892. The minimum absolute atomic E-state index is 0.0253. The molecular weight excluding hydrogens is 267 g/mol. The van der Waals surface area contributed by atoms with Crippen LogP contribution >= 0.6 is 0 Å². The Morgan fingerprint density at radius 3 is 2.43 bits per heavy atom. The summed E-state index contributed by atoms with van der Waals surface area (Å²) < 4.78 is 13.1. The highest BCUT2D eigenvalue weighted by Gasteiger charge is 2.50. The van der Waals surface area contributed by atoms with E-state index >= 15 is 0 Å². The number of halogens is 1. The lowest BCUT2D eigenvalue weighted by Gasteiger charge is -2.49. The Bertz CT molecular complexity index is 507. The van der Waals surface area contributed by atoms with Gasteiger partial charge in [-0.2, -0.15) is 0 Å². The molecule has 1 fully saturated rings. The maximum Gasteiger partial charge on any atom is 0.243 e. The van der Waals surface area contributed by atoms with Crippen LogP contribution in [0, 0.1) is 17.2 Å². The van der Waals surface area contributed by atoms with Gasteiger partial charge in [0, 0.05) is 5.69 Å². The molecule has 1 amide bonds. The van der Waals surface area contributed by atoms with Gasteiger partial charge in [-0.1, -0.05) is 33.6 Å². The molecule has 0 bridgehead atoms. The number of nitrogens with one attached hydrogen (secondary N) is 1. The van der Waals surface area contributed by atoms with Gasteiger partial charge >= 0.3 is 0 Å². The predicted molar refractivity (Wildman–Crippen MR) is 83.4 cm³/mol. The van der Waals surface area contributed by atoms with Crippen molar-refractivity contribution >= 4 is 11.6 Å². The van der Waals surface area contributed by atoms with E-state index in [1.807, 2.05) is 0 Å². The predicted octanol–water partition coefficient (Wildman–Crippen LogP) is 3.70. The SMILES string of the molecule is CC(C)(C)C1CCCCC1(Nc1ccc(F)cc1)C(N)=O. The standard InChI is InChI=1S/C17H25FN2O/c1-16(2,3)14-6-4-5-11-17(14,15(19)21)20-13-9-7-12(18)8-10-13/h7-10,14,20H,4-6,11H2,1-3H3,(H2,19,21). The minimum atomic E-state index is -0.756. The molecule has 116 valence electrons.